The van der Waals surface area contributed by atoms with Crippen LogP contribution < -0.4 is 20.5 Å². The van der Waals surface area contributed by atoms with E-state index in [4.69, 9.17) is 15.2 Å². The van der Waals surface area contributed by atoms with Crippen LogP contribution in [-0.2, 0) is 6.18 Å². The van der Waals surface area contributed by atoms with E-state index in [1.807, 2.05) is 0 Å². The number of carbonyl (C=O) groups is 1. The van der Waals surface area contributed by atoms with Gasteiger partial charge in [0.15, 0.2) is 11.5 Å². The van der Waals surface area contributed by atoms with E-state index in [1.54, 1.807) is 18.2 Å². The molecule has 4 aromatic rings. The molecule has 0 saturated carbocycles. The quantitative estimate of drug-likeness (QED) is 0.433. The number of carbonyl (C=O) groups excluding carboxylic acids is 1. The Balaban J connectivity index is 1.86. The monoisotopic (exact) mass is 475 g/mol. The first-order chi connectivity index (χ1) is 15.7. The number of benzene rings is 1. The number of nitrogens with one attached hydrogen (secondary N) is 1. The van der Waals surface area contributed by atoms with Crippen LogP contribution in [0.2, 0.25) is 0 Å². The molecule has 0 spiro atoms. The fourth-order valence-corrected chi connectivity index (χ4v) is 4.19. The Morgan fingerprint density at radius 2 is 1.79 bits per heavy atom. The predicted molar refractivity (Wildman–Crippen MR) is 118 cm³/mol. The molecule has 0 unspecified atom stereocenters. The predicted octanol–water partition coefficient (Wildman–Crippen LogP) is 4.62. The average Bonchev–Trinajstić information content (AvgIpc) is 3.14. The van der Waals surface area contributed by atoms with Crippen molar-refractivity contribution < 1.29 is 27.4 Å². The summed E-state index contributed by atoms with van der Waals surface area (Å²) >= 11 is 0.748. The molecular formula is C21H16F3N5O3S. The Hall–Kier alpha value is -3.93. The smallest absolute Gasteiger partial charge is 0.417 e. The molecular weight excluding hydrogens is 459 g/mol. The normalized spacial score (nSPS) is 11.4. The third-order valence-corrected chi connectivity index (χ3v) is 5.78. The molecule has 0 radical (unpaired) electrons. The number of nitrogen functional groups attached to an aromatic ring is 1. The molecule has 8 nitrogen and oxygen atoms in total. The van der Waals surface area contributed by atoms with Crippen LogP contribution in [0.3, 0.4) is 0 Å². The van der Waals surface area contributed by atoms with Crippen molar-refractivity contribution in [1.29, 1.82) is 0 Å². The van der Waals surface area contributed by atoms with Crippen molar-refractivity contribution in [3.63, 3.8) is 0 Å². The largest absolute Gasteiger partial charge is 0.493 e. The molecule has 170 valence electrons. The molecule has 0 saturated heterocycles. The van der Waals surface area contributed by atoms with Crippen molar-refractivity contribution in [2.24, 2.45) is 0 Å². The van der Waals surface area contributed by atoms with E-state index in [-0.39, 0.29) is 32.4 Å². The highest BCUT2D eigenvalue weighted by Crippen LogP contribution is 2.44. The fraction of sp³-hybridized carbons (Fsp3) is 0.143. The molecule has 0 aliphatic rings. The Bertz CT molecular complexity index is 1340. The zero-order chi connectivity index (χ0) is 23.8. The molecule has 0 aliphatic heterocycles. The standard InChI is InChI=1S/C21H16F3N5O3S/c1-31-13-5-4-10(8-14(13)32-2)12-9-11(21(22,23)24)15-16(25)17(33-19(15)28-12)18(30)29-20-26-6-3-7-27-20/h3-9H,25H2,1-2H3,(H,26,27,29,30). The number of fused-ring (bicyclic) bond motifs is 1. The van der Waals surface area contributed by atoms with E-state index in [0.29, 0.717) is 17.1 Å². The number of thiophene rings is 1. The summed E-state index contributed by atoms with van der Waals surface area (Å²) in [4.78, 5) is 24.6. The topological polar surface area (TPSA) is 112 Å². The summed E-state index contributed by atoms with van der Waals surface area (Å²) in [5.41, 5.74) is 5.09. The number of anilines is 2. The zero-order valence-electron chi connectivity index (χ0n) is 17.2. The Labute approximate surface area is 189 Å². The number of alkyl halides is 3. The zero-order valence-corrected chi connectivity index (χ0v) is 18.0. The van der Waals surface area contributed by atoms with Gasteiger partial charge in [-0.25, -0.2) is 15.0 Å². The third kappa shape index (κ3) is 4.24. The van der Waals surface area contributed by atoms with Gasteiger partial charge in [-0.15, -0.1) is 11.3 Å². The van der Waals surface area contributed by atoms with Crippen molar-refractivity contribution in [2.75, 3.05) is 25.3 Å². The van der Waals surface area contributed by atoms with E-state index in [9.17, 15) is 18.0 Å². The van der Waals surface area contributed by atoms with Gasteiger partial charge in [-0.1, -0.05) is 0 Å². The fourth-order valence-electron chi connectivity index (χ4n) is 3.18. The van der Waals surface area contributed by atoms with E-state index >= 15 is 0 Å². The lowest BCUT2D eigenvalue weighted by molar-refractivity contribution is -0.136. The van der Waals surface area contributed by atoms with E-state index in [0.717, 1.165) is 17.4 Å². The maximum absolute atomic E-state index is 14.0. The number of hydrogen-bond acceptors (Lipinski definition) is 8. The second-order valence-electron chi connectivity index (χ2n) is 6.67. The summed E-state index contributed by atoms with van der Waals surface area (Å²) in [5, 5.41) is 2.08. The SMILES string of the molecule is COc1ccc(-c2cc(C(F)(F)F)c3c(N)c(C(=O)Nc4ncccn4)sc3n2)cc1OC. The van der Waals surface area contributed by atoms with Crippen LogP contribution in [0.1, 0.15) is 15.2 Å². The van der Waals surface area contributed by atoms with Crippen molar-refractivity contribution >= 4 is 39.1 Å². The molecule has 0 bridgehead atoms. The van der Waals surface area contributed by atoms with Crippen LogP contribution >= 0.6 is 11.3 Å². The number of nitrogens with zero attached hydrogens (tertiary/aromatic N) is 3. The van der Waals surface area contributed by atoms with Crippen LogP contribution in [0, 0.1) is 0 Å². The first-order valence-electron chi connectivity index (χ1n) is 9.34. The molecule has 12 heteroatoms. The van der Waals surface area contributed by atoms with Crippen LogP contribution in [0.25, 0.3) is 21.5 Å². The van der Waals surface area contributed by atoms with Gasteiger partial charge in [0, 0.05) is 23.3 Å². The second kappa shape index (κ2) is 8.54. The van der Waals surface area contributed by atoms with Crippen molar-refractivity contribution in [3.05, 3.63) is 53.2 Å². The minimum atomic E-state index is -4.74. The maximum Gasteiger partial charge on any atom is 0.417 e. The van der Waals surface area contributed by atoms with Crippen LogP contribution in [-0.4, -0.2) is 35.1 Å². The van der Waals surface area contributed by atoms with Crippen LogP contribution in [0.5, 0.6) is 11.5 Å². The number of halogens is 3. The number of nitrogens with two attached hydrogens (primary N) is 1. The van der Waals surface area contributed by atoms with Gasteiger partial charge in [-0.2, -0.15) is 13.2 Å². The lowest BCUT2D eigenvalue weighted by atomic mass is 10.0. The molecule has 1 aromatic carbocycles. The van der Waals surface area contributed by atoms with Gasteiger partial charge >= 0.3 is 6.18 Å². The minimum absolute atomic E-state index is 0.00521. The number of pyridine rings is 1. The van der Waals surface area contributed by atoms with Crippen molar-refractivity contribution in [2.45, 2.75) is 6.18 Å². The molecule has 3 aromatic heterocycles. The van der Waals surface area contributed by atoms with Gasteiger partial charge in [-0.05, 0) is 30.3 Å². The van der Waals surface area contributed by atoms with E-state index < -0.39 is 17.6 Å². The lowest BCUT2D eigenvalue weighted by Gasteiger charge is -2.13. The number of hydrogen-bond donors (Lipinski definition) is 2. The number of amides is 1. The molecule has 3 N–H and O–H groups in total. The number of aromatic nitrogens is 3. The number of rotatable bonds is 5. The lowest BCUT2D eigenvalue weighted by Crippen LogP contribution is -2.14. The van der Waals surface area contributed by atoms with E-state index in [2.05, 4.69) is 20.3 Å². The first-order valence-corrected chi connectivity index (χ1v) is 10.2. The molecule has 33 heavy (non-hydrogen) atoms. The molecule has 0 fully saturated rings. The van der Waals surface area contributed by atoms with Crippen LogP contribution in [0.15, 0.2) is 42.7 Å². The van der Waals surface area contributed by atoms with Crippen molar-refractivity contribution in [3.8, 4) is 22.8 Å². The highest BCUT2D eigenvalue weighted by Gasteiger charge is 2.36. The Kier molecular flexibility index (Phi) is 5.77. The summed E-state index contributed by atoms with van der Waals surface area (Å²) in [6, 6.07) is 7.10. The van der Waals surface area contributed by atoms with Crippen molar-refractivity contribution in [1.82, 2.24) is 15.0 Å². The highest BCUT2D eigenvalue weighted by molar-refractivity contribution is 7.21. The van der Waals surface area contributed by atoms with Gasteiger partial charge in [0.2, 0.25) is 5.95 Å². The van der Waals surface area contributed by atoms with Gasteiger partial charge in [0.25, 0.3) is 5.91 Å². The molecule has 4 rings (SSSR count). The second-order valence-corrected chi connectivity index (χ2v) is 7.67. The van der Waals surface area contributed by atoms with Gasteiger partial charge in [0.1, 0.15) is 9.71 Å². The van der Waals surface area contributed by atoms with Crippen LogP contribution in [0.4, 0.5) is 24.8 Å². The Morgan fingerprint density at radius 1 is 1.09 bits per heavy atom. The van der Waals surface area contributed by atoms with E-state index in [1.165, 1.54) is 32.7 Å². The highest BCUT2D eigenvalue weighted by atomic mass is 32.1. The third-order valence-electron chi connectivity index (χ3n) is 4.68. The summed E-state index contributed by atoms with van der Waals surface area (Å²) in [6.45, 7) is 0. The molecule has 0 aliphatic carbocycles. The minimum Gasteiger partial charge on any atom is -0.493 e. The number of methoxy groups -OCH3 is 2. The average molecular weight is 475 g/mol. The maximum atomic E-state index is 14.0. The van der Waals surface area contributed by atoms with Gasteiger partial charge in [-0.3, -0.25) is 10.1 Å². The van der Waals surface area contributed by atoms with Gasteiger partial charge < -0.3 is 15.2 Å². The summed E-state index contributed by atoms with van der Waals surface area (Å²) in [5.74, 6) is 0.0109. The summed E-state index contributed by atoms with van der Waals surface area (Å²) in [6.07, 6.45) is -1.91. The first kappa shape index (κ1) is 22.3. The molecule has 3 heterocycles. The summed E-state index contributed by atoms with van der Waals surface area (Å²) in [7, 11) is 2.87. The Morgan fingerprint density at radius 3 is 2.42 bits per heavy atom. The van der Waals surface area contributed by atoms with Gasteiger partial charge in [0.05, 0.1) is 31.2 Å². The summed E-state index contributed by atoms with van der Waals surface area (Å²) < 4.78 is 52.3. The molecule has 0 atom stereocenters. The molecule has 1 amide bonds. The number of ether oxygens (including phenoxy) is 2.